The van der Waals surface area contributed by atoms with Crippen molar-refractivity contribution < 1.29 is 39.6 Å². The first-order valence-electron chi connectivity index (χ1n) is 8.74. The van der Waals surface area contributed by atoms with Crippen LogP contribution in [0.3, 0.4) is 0 Å². The number of hydrogen-bond acceptors (Lipinski definition) is 7. The summed E-state index contributed by atoms with van der Waals surface area (Å²) >= 11 is 0. The highest BCUT2D eigenvalue weighted by molar-refractivity contribution is 7.92. The van der Waals surface area contributed by atoms with Gasteiger partial charge in [-0.3, -0.25) is 9.78 Å². The van der Waals surface area contributed by atoms with E-state index in [0.717, 1.165) is 4.80 Å². The van der Waals surface area contributed by atoms with Crippen LogP contribution < -0.4 is 5.32 Å². The molecule has 1 N–H and O–H groups in total. The van der Waals surface area contributed by atoms with Crippen LogP contribution in [0.5, 0.6) is 0 Å². The molecule has 0 spiro atoms. The molecule has 1 amide bonds. The Balaban J connectivity index is 2.00. The molecule has 16 heteroatoms. The van der Waals surface area contributed by atoms with Crippen molar-refractivity contribution in [2.75, 3.05) is 0 Å². The number of amides is 1. The van der Waals surface area contributed by atoms with Crippen LogP contribution >= 0.6 is 0 Å². The molecule has 0 aliphatic rings. The molecular weight excluding hydrogens is 482 g/mol. The Labute approximate surface area is 181 Å². The van der Waals surface area contributed by atoms with E-state index < -0.39 is 49.5 Å². The Morgan fingerprint density at radius 3 is 2.15 bits per heavy atom. The van der Waals surface area contributed by atoms with E-state index in [-0.39, 0.29) is 29.7 Å². The third kappa shape index (κ3) is 4.94. The van der Waals surface area contributed by atoms with Crippen LogP contribution in [0.2, 0.25) is 0 Å². The Morgan fingerprint density at radius 2 is 1.58 bits per heavy atom. The number of sulfone groups is 1. The van der Waals surface area contributed by atoms with Gasteiger partial charge in [-0.15, -0.1) is 4.80 Å². The number of hydrogen-bond donors (Lipinski definition) is 1. The van der Waals surface area contributed by atoms with Gasteiger partial charge in [0.15, 0.2) is 5.82 Å². The van der Waals surface area contributed by atoms with Gasteiger partial charge in [-0.2, -0.15) is 36.5 Å². The van der Waals surface area contributed by atoms with Gasteiger partial charge in [0.2, 0.25) is 0 Å². The fraction of sp³-hybridized carbons (Fsp3) is 0.235. The molecule has 1 aromatic carbocycles. The van der Waals surface area contributed by atoms with Crippen molar-refractivity contribution >= 4 is 15.7 Å². The van der Waals surface area contributed by atoms with E-state index in [9.17, 15) is 39.6 Å². The summed E-state index contributed by atoms with van der Waals surface area (Å²) in [6.45, 7) is 1.37. The highest BCUT2D eigenvalue weighted by Gasteiger charge is 2.48. The third-order valence-electron chi connectivity index (χ3n) is 4.18. The van der Waals surface area contributed by atoms with Crippen LogP contribution in [0.25, 0.3) is 5.82 Å². The quantitative estimate of drug-likeness (QED) is 0.542. The lowest BCUT2D eigenvalue weighted by Gasteiger charge is -2.17. The predicted molar refractivity (Wildman–Crippen MR) is 97.5 cm³/mol. The normalized spacial score (nSPS) is 13.5. The minimum Gasteiger partial charge on any atom is -0.344 e. The number of benzene rings is 1. The number of aromatic nitrogens is 5. The fourth-order valence-electron chi connectivity index (χ4n) is 2.66. The molecular formula is C17H12F6N6O3S. The molecule has 176 valence electrons. The largest absolute Gasteiger partial charge is 0.501 e. The minimum atomic E-state index is -6.15. The molecule has 0 aliphatic heterocycles. The van der Waals surface area contributed by atoms with Gasteiger partial charge in [0.1, 0.15) is 5.69 Å². The summed E-state index contributed by atoms with van der Waals surface area (Å²) in [4.78, 5) is 20.0. The van der Waals surface area contributed by atoms with Crippen LogP contribution in [-0.2, 0) is 16.0 Å². The standard InChI is InChI=1S/C17H12F6N6O3S/c1-9(13-14(25-3-2-24-13)29-26-4-5-27-29)28-15(30)10-6-11(16(18,19)20)8-12(7-10)33(31,32)17(21,22)23/h2-9H,1H3,(H,28,30). The fourth-order valence-corrected chi connectivity index (χ4v) is 3.49. The molecule has 3 aromatic rings. The molecule has 9 nitrogen and oxygen atoms in total. The molecule has 0 saturated heterocycles. The summed E-state index contributed by atoms with van der Waals surface area (Å²) in [7, 11) is -6.15. The highest BCUT2D eigenvalue weighted by atomic mass is 32.2. The first-order chi connectivity index (χ1) is 15.2. The second-order valence-corrected chi connectivity index (χ2v) is 8.41. The van der Waals surface area contributed by atoms with Gasteiger partial charge in [0, 0.05) is 18.0 Å². The van der Waals surface area contributed by atoms with Crippen LogP contribution in [0.15, 0.2) is 47.9 Å². The second kappa shape index (κ2) is 8.42. The summed E-state index contributed by atoms with van der Waals surface area (Å²) < 4.78 is 102. The van der Waals surface area contributed by atoms with Crippen molar-refractivity contribution in [3.05, 3.63) is 59.8 Å². The van der Waals surface area contributed by atoms with Crippen molar-refractivity contribution in [2.45, 2.75) is 29.5 Å². The monoisotopic (exact) mass is 494 g/mol. The summed E-state index contributed by atoms with van der Waals surface area (Å²) in [5.41, 5.74) is -8.49. The molecule has 0 aliphatic carbocycles. The van der Waals surface area contributed by atoms with E-state index in [1.54, 1.807) is 0 Å². The molecule has 1 unspecified atom stereocenters. The van der Waals surface area contributed by atoms with Gasteiger partial charge in [0.25, 0.3) is 15.7 Å². The van der Waals surface area contributed by atoms with Gasteiger partial charge < -0.3 is 5.32 Å². The highest BCUT2D eigenvalue weighted by Crippen LogP contribution is 2.36. The number of carbonyl (C=O) groups is 1. The zero-order chi connectivity index (χ0) is 24.6. The lowest BCUT2D eigenvalue weighted by molar-refractivity contribution is -0.137. The van der Waals surface area contributed by atoms with E-state index in [2.05, 4.69) is 25.5 Å². The van der Waals surface area contributed by atoms with Crippen LogP contribution in [-0.4, -0.2) is 44.8 Å². The van der Waals surface area contributed by atoms with Crippen molar-refractivity contribution in [1.82, 2.24) is 30.3 Å². The molecule has 0 saturated carbocycles. The van der Waals surface area contributed by atoms with Crippen LogP contribution in [0.1, 0.15) is 34.6 Å². The lowest BCUT2D eigenvalue weighted by atomic mass is 10.1. The Morgan fingerprint density at radius 1 is 0.970 bits per heavy atom. The van der Waals surface area contributed by atoms with Crippen molar-refractivity contribution in [3.8, 4) is 5.82 Å². The maximum Gasteiger partial charge on any atom is 0.501 e. The molecule has 0 bridgehead atoms. The number of nitrogens with one attached hydrogen (secondary N) is 1. The molecule has 3 rings (SSSR count). The van der Waals surface area contributed by atoms with Crippen LogP contribution in [0, 0.1) is 0 Å². The zero-order valence-corrected chi connectivity index (χ0v) is 17.1. The van der Waals surface area contributed by atoms with E-state index in [1.165, 1.54) is 31.7 Å². The first-order valence-corrected chi connectivity index (χ1v) is 10.2. The Kier molecular flexibility index (Phi) is 6.14. The maximum atomic E-state index is 13.2. The molecule has 2 aromatic heterocycles. The lowest BCUT2D eigenvalue weighted by Crippen LogP contribution is -2.30. The SMILES string of the molecule is CC(NC(=O)c1cc(C(F)(F)F)cc(S(=O)(=O)C(F)(F)F)c1)c1nccnc1-n1nccn1. The predicted octanol–water partition coefficient (Wildman–Crippen LogP) is 2.86. The molecule has 0 radical (unpaired) electrons. The smallest absolute Gasteiger partial charge is 0.344 e. The van der Waals surface area contributed by atoms with E-state index in [4.69, 9.17) is 0 Å². The van der Waals surface area contributed by atoms with E-state index in [1.807, 2.05) is 0 Å². The van der Waals surface area contributed by atoms with Gasteiger partial charge in [-0.05, 0) is 25.1 Å². The van der Waals surface area contributed by atoms with Crippen molar-refractivity contribution in [1.29, 1.82) is 0 Å². The number of nitrogens with zero attached hydrogens (tertiary/aromatic N) is 5. The number of alkyl halides is 6. The topological polar surface area (TPSA) is 120 Å². The number of halogens is 6. The van der Waals surface area contributed by atoms with Gasteiger partial charge in [-0.25, -0.2) is 13.4 Å². The maximum absolute atomic E-state index is 13.2. The summed E-state index contributed by atoms with van der Waals surface area (Å²) in [5.74, 6) is -1.21. The third-order valence-corrected chi connectivity index (χ3v) is 5.65. The molecule has 1 atom stereocenters. The number of carbonyl (C=O) groups excluding carboxylic acids is 1. The Bertz CT molecular complexity index is 1280. The van der Waals surface area contributed by atoms with Crippen LogP contribution in [0.4, 0.5) is 26.3 Å². The van der Waals surface area contributed by atoms with Crippen molar-refractivity contribution in [3.63, 3.8) is 0 Å². The van der Waals surface area contributed by atoms with Gasteiger partial charge in [0.05, 0.1) is 28.9 Å². The van der Waals surface area contributed by atoms with Crippen molar-refractivity contribution in [2.24, 2.45) is 0 Å². The average molecular weight is 494 g/mol. The minimum absolute atomic E-state index is 0.0691. The average Bonchev–Trinajstić information content (AvgIpc) is 3.26. The van der Waals surface area contributed by atoms with E-state index in [0.29, 0.717) is 0 Å². The van der Waals surface area contributed by atoms with Gasteiger partial charge >= 0.3 is 11.7 Å². The second-order valence-electron chi connectivity index (χ2n) is 6.47. The Hall–Kier alpha value is -3.56. The van der Waals surface area contributed by atoms with E-state index >= 15 is 0 Å². The summed E-state index contributed by atoms with van der Waals surface area (Å²) in [5, 5.41) is 9.98. The molecule has 2 heterocycles. The first kappa shape index (κ1) is 24.1. The summed E-state index contributed by atoms with van der Waals surface area (Å²) in [6, 6.07) is -0.770. The summed E-state index contributed by atoms with van der Waals surface area (Å²) in [6.07, 6.45) is -0.0252. The molecule has 0 fully saturated rings. The molecule has 33 heavy (non-hydrogen) atoms. The number of rotatable bonds is 5. The zero-order valence-electron chi connectivity index (χ0n) is 16.3. The van der Waals surface area contributed by atoms with Gasteiger partial charge in [-0.1, -0.05) is 0 Å².